The molecule has 0 radical (unpaired) electrons. The van der Waals surface area contributed by atoms with Gasteiger partial charge in [0.2, 0.25) is 5.91 Å². The number of likely N-dealkylation sites (tertiary alicyclic amines) is 1. The van der Waals surface area contributed by atoms with Gasteiger partial charge in [0.25, 0.3) is 0 Å². The van der Waals surface area contributed by atoms with Gasteiger partial charge in [0.1, 0.15) is 11.6 Å². The maximum atomic E-state index is 13.2. The number of piperidine rings is 1. The van der Waals surface area contributed by atoms with Crippen molar-refractivity contribution in [2.24, 2.45) is 0 Å². The van der Waals surface area contributed by atoms with Gasteiger partial charge in [-0.25, -0.2) is 4.39 Å². The first kappa shape index (κ1) is 24.0. The second-order valence-electron chi connectivity index (χ2n) is 9.10. The number of hydrogen-bond acceptors (Lipinski definition) is 3. The standard InChI is InChI=1S/C29H33FN2O2/c1-22(33)32(20-24-6-5-8-28(18-24)34-2)21-26-7-3-4-9-29(26)25-14-16-31(17-15-25)19-23-10-12-27(30)13-11-23/h3-13,18,25H,14-17,19-21H2,1-2H3. The molecular weight excluding hydrogens is 427 g/mol. The Morgan fingerprint density at radius 1 is 0.971 bits per heavy atom. The zero-order chi connectivity index (χ0) is 23.9. The molecule has 4 nitrogen and oxygen atoms in total. The Labute approximate surface area is 202 Å². The third-order valence-corrected chi connectivity index (χ3v) is 6.72. The third-order valence-electron chi connectivity index (χ3n) is 6.72. The van der Waals surface area contributed by atoms with Gasteiger partial charge >= 0.3 is 0 Å². The average Bonchev–Trinajstić information content (AvgIpc) is 2.86. The largest absolute Gasteiger partial charge is 0.497 e. The van der Waals surface area contributed by atoms with E-state index in [0.29, 0.717) is 19.0 Å². The van der Waals surface area contributed by atoms with E-state index in [1.807, 2.05) is 41.3 Å². The van der Waals surface area contributed by atoms with Crippen molar-refractivity contribution >= 4 is 5.91 Å². The number of nitrogens with zero attached hydrogens (tertiary/aromatic N) is 2. The molecule has 4 rings (SSSR count). The van der Waals surface area contributed by atoms with E-state index in [1.54, 1.807) is 14.0 Å². The molecule has 178 valence electrons. The van der Waals surface area contributed by atoms with Crippen molar-refractivity contribution < 1.29 is 13.9 Å². The van der Waals surface area contributed by atoms with Crippen LogP contribution in [-0.2, 0) is 24.4 Å². The number of halogens is 1. The lowest BCUT2D eigenvalue weighted by atomic mass is 9.86. The maximum Gasteiger partial charge on any atom is 0.220 e. The van der Waals surface area contributed by atoms with Crippen LogP contribution in [-0.4, -0.2) is 35.9 Å². The van der Waals surface area contributed by atoms with Crippen LogP contribution in [0.15, 0.2) is 72.8 Å². The smallest absolute Gasteiger partial charge is 0.220 e. The summed E-state index contributed by atoms with van der Waals surface area (Å²) < 4.78 is 18.5. The molecule has 1 aliphatic heterocycles. The topological polar surface area (TPSA) is 32.8 Å². The minimum absolute atomic E-state index is 0.0618. The Morgan fingerprint density at radius 2 is 1.71 bits per heavy atom. The Morgan fingerprint density at radius 3 is 2.41 bits per heavy atom. The summed E-state index contributed by atoms with van der Waals surface area (Å²) in [6.07, 6.45) is 2.16. The molecule has 1 heterocycles. The highest BCUT2D eigenvalue weighted by atomic mass is 19.1. The van der Waals surface area contributed by atoms with E-state index in [9.17, 15) is 9.18 Å². The van der Waals surface area contributed by atoms with Crippen LogP contribution < -0.4 is 4.74 Å². The molecule has 0 unspecified atom stereocenters. The summed E-state index contributed by atoms with van der Waals surface area (Å²) in [5.41, 5.74) is 4.77. The van der Waals surface area contributed by atoms with Crippen LogP contribution in [0.4, 0.5) is 4.39 Å². The van der Waals surface area contributed by atoms with Crippen molar-refractivity contribution in [3.8, 4) is 5.75 Å². The lowest BCUT2D eigenvalue weighted by molar-refractivity contribution is -0.130. The maximum absolute atomic E-state index is 13.2. The highest BCUT2D eigenvalue weighted by Gasteiger charge is 2.23. The summed E-state index contributed by atoms with van der Waals surface area (Å²) in [5, 5.41) is 0. The van der Waals surface area contributed by atoms with Crippen molar-refractivity contribution in [3.05, 3.63) is 101 Å². The summed E-state index contributed by atoms with van der Waals surface area (Å²) in [5.74, 6) is 1.15. The van der Waals surface area contributed by atoms with E-state index >= 15 is 0 Å². The number of amides is 1. The molecule has 0 bridgehead atoms. The van der Waals surface area contributed by atoms with Gasteiger partial charge in [-0.05, 0) is 78.4 Å². The van der Waals surface area contributed by atoms with Crippen LogP contribution in [0, 0.1) is 5.82 Å². The molecule has 34 heavy (non-hydrogen) atoms. The molecule has 0 saturated carbocycles. The summed E-state index contributed by atoms with van der Waals surface area (Å²) in [4.78, 5) is 16.8. The fourth-order valence-electron chi connectivity index (χ4n) is 4.80. The third kappa shape index (κ3) is 6.23. The molecule has 0 N–H and O–H groups in total. The Hall–Kier alpha value is -3.18. The van der Waals surface area contributed by atoms with E-state index in [2.05, 4.69) is 29.2 Å². The van der Waals surface area contributed by atoms with E-state index in [0.717, 1.165) is 49.4 Å². The van der Waals surface area contributed by atoms with Crippen molar-refractivity contribution in [2.75, 3.05) is 20.2 Å². The van der Waals surface area contributed by atoms with Crippen molar-refractivity contribution in [1.29, 1.82) is 0 Å². The lowest BCUT2D eigenvalue weighted by Crippen LogP contribution is -2.33. The van der Waals surface area contributed by atoms with E-state index < -0.39 is 0 Å². The fraction of sp³-hybridized carbons (Fsp3) is 0.345. The van der Waals surface area contributed by atoms with Gasteiger partial charge in [0.05, 0.1) is 7.11 Å². The SMILES string of the molecule is COc1cccc(CN(Cc2ccccc2C2CCN(Cc3ccc(F)cc3)CC2)C(C)=O)c1. The summed E-state index contributed by atoms with van der Waals surface area (Å²) >= 11 is 0. The molecular formula is C29H33FN2O2. The molecule has 0 aliphatic carbocycles. The molecule has 1 saturated heterocycles. The van der Waals surface area contributed by atoms with Gasteiger partial charge in [-0.2, -0.15) is 0 Å². The predicted octanol–water partition coefficient (Wildman–Crippen LogP) is 5.76. The van der Waals surface area contributed by atoms with E-state index in [1.165, 1.54) is 23.3 Å². The number of carbonyl (C=O) groups excluding carboxylic acids is 1. The van der Waals surface area contributed by atoms with Crippen molar-refractivity contribution in [2.45, 2.75) is 45.3 Å². The van der Waals surface area contributed by atoms with Gasteiger partial charge in [-0.3, -0.25) is 9.69 Å². The number of methoxy groups -OCH3 is 1. The molecule has 0 spiro atoms. The fourth-order valence-corrected chi connectivity index (χ4v) is 4.80. The van der Waals surface area contributed by atoms with Crippen LogP contribution in [0.5, 0.6) is 5.75 Å². The highest BCUT2D eigenvalue weighted by molar-refractivity contribution is 5.73. The summed E-state index contributed by atoms with van der Waals surface area (Å²) in [7, 11) is 1.66. The van der Waals surface area contributed by atoms with E-state index in [-0.39, 0.29) is 11.7 Å². The van der Waals surface area contributed by atoms with Gasteiger partial charge in [0.15, 0.2) is 0 Å². The van der Waals surface area contributed by atoms with Crippen LogP contribution in [0.25, 0.3) is 0 Å². The average molecular weight is 461 g/mol. The zero-order valence-corrected chi connectivity index (χ0v) is 20.0. The van der Waals surface area contributed by atoms with Gasteiger partial charge in [0, 0.05) is 26.6 Å². The molecule has 1 aliphatic rings. The molecule has 3 aromatic carbocycles. The molecule has 1 fully saturated rings. The second-order valence-corrected chi connectivity index (χ2v) is 9.10. The number of rotatable bonds is 8. The number of ether oxygens (including phenoxy) is 1. The Balaban J connectivity index is 1.41. The molecule has 5 heteroatoms. The second kappa shape index (κ2) is 11.3. The van der Waals surface area contributed by atoms with Gasteiger partial charge < -0.3 is 9.64 Å². The normalized spacial score (nSPS) is 14.7. The van der Waals surface area contributed by atoms with Crippen LogP contribution in [0.2, 0.25) is 0 Å². The Kier molecular flexibility index (Phi) is 7.96. The lowest BCUT2D eigenvalue weighted by Gasteiger charge is -2.33. The zero-order valence-electron chi connectivity index (χ0n) is 20.0. The minimum atomic E-state index is -0.190. The Bertz CT molecular complexity index is 1090. The first-order chi connectivity index (χ1) is 16.5. The first-order valence-corrected chi connectivity index (χ1v) is 11.9. The van der Waals surface area contributed by atoms with Gasteiger partial charge in [-0.1, -0.05) is 48.5 Å². The molecule has 0 aromatic heterocycles. The molecule has 3 aromatic rings. The highest BCUT2D eigenvalue weighted by Crippen LogP contribution is 2.32. The van der Waals surface area contributed by atoms with Crippen molar-refractivity contribution in [1.82, 2.24) is 9.80 Å². The predicted molar refractivity (Wildman–Crippen MR) is 133 cm³/mol. The van der Waals surface area contributed by atoms with Crippen LogP contribution in [0.3, 0.4) is 0 Å². The van der Waals surface area contributed by atoms with Gasteiger partial charge in [-0.15, -0.1) is 0 Å². The molecule has 0 atom stereocenters. The van der Waals surface area contributed by atoms with Crippen LogP contribution in [0.1, 0.15) is 47.9 Å². The minimum Gasteiger partial charge on any atom is -0.497 e. The summed E-state index contributed by atoms with van der Waals surface area (Å²) in [6, 6.07) is 23.2. The van der Waals surface area contributed by atoms with E-state index in [4.69, 9.17) is 4.74 Å². The van der Waals surface area contributed by atoms with Crippen LogP contribution >= 0.6 is 0 Å². The van der Waals surface area contributed by atoms with Crippen molar-refractivity contribution in [3.63, 3.8) is 0 Å². The summed E-state index contributed by atoms with van der Waals surface area (Å²) in [6.45, 7) is 5.66. The molecule has 1 amide bonds. The number of hydrogen-bond donors (Lipinski definition) is 0. The first-order valence-electron chi connectivity index (χ1n) is 11.9. The number of benzene rings is 3. The monoisotopic (exact) mass is 460 g/mol. The quantitative estimate of drug-likeness (QED) is 0.428. The number of carbonyl (C=O) groups is 1.